The maximum absolute atomic E-state index is 11.5. The highest BCUT2D eigenvalue weighted by atomic mass is 16.3. The Labute approximate surface area is 78.6 Å². The topological polar surface area (TPSA) is 37.3 Å². The lowest BCUT2D eigenvalue weighted by Gasteiger charge is -2.28. The molecular weight excluding hydrogens is 164 g/mol. The predicted octanol–water partition coefficient (Wildman–Crippen LogP) is 1.68. The molecule has 0 heterocycles. The number of aliphatic hydroxyl groups excluding tert-OH is 1. The van der Waals surface area contributed by atoms with Gasteiger partial charge in [0.15, 0.2) is 5.78 Å². The van der Waals surface area contributed by atoms with Gasteiger partial charge >= 0.3 is 0 Å². The minimum atomic E-state index is -0.355. The molecule has 0 spiro atoms. The summed E-state index contributed by atoms with van der Waals surface area (Å²) in [4.78, 5) is 11.5. The summed E-state index contributed by atoms with van der Waals surface area (Å²) < 4.78 is 0. The molecule has 1 saturated carbocycles. The van der Waals surface area contributed by atoms with E-state index in [0.29, 0.717) is 6.42 Å². The first-order valence-corrected chi connectivity index (χ1v) is 4.96. The van der Waals surface area contributed by atoms with E-state index in [2.05, 4.69) is 0 Å². The van der Waals surface area contributed by atoms with Gasteiger partial charge in [-0.25, -0.2) is 0 Å². The fraction of sp³-hybridized carbons (Fsp3) is 0.727. The summed E-state index contributed by atoms with van der Waals surface area (Å²) in [5.74, 6) is 0.372. The first-order valence-electron chi connectivity index (χ1n) is 4.96. The molecule has 1 fully saturated rings. The molecule has 0 aromatic carbocycles. The van der Waals surface area contributed by atoms with Crippen LogP contribution in [0.15, 0.2) is 11.6 Å². The SMILES string of the molecule is CC1(C)C=C2C(=O)CCCC2C1O. The Morgan fingerprint density at radius 1 is 1.54 bits per heavy atom. The summed E-state index contributed by atoms with van der Waals surface area (Å²) in [5, 5.41) is 9.97. The van der Waals surface area contributed by atoms with Crippen molar-refractivity contribution < 1.29 is 9.90 Å². The third-order valence-corrected chi connectivity index (χ3v) is 3.31. The van der Waals surface area contributed by atoms with Gasteiger partial charge in [-0.15, -0.1) is 0 Å². The molecule has 2 nitrogen and oxygen atoms in total. The standard InChI is InChI=1S/C11H16O2/c1-11(2)6-8-7(10(11)13)4-3-5-9(8)12/h6-7,10,13H,3-5H2,1-2H3. The fourth-order valence-electron chi connectivity index (χ4n) is 2.51. The fourth-order valence-corrected chi connectivity index (χ4v) is 2.51. The molecule has 2 atom stereocenters. The lowest BCUT2D eigenvalue weighted by Crippen LogP contribution is -2.31. The van der Waals surface area contributed by atoms with E-state index in [1.807, 2.05) is 19.9 Å². The van der Waals surface area contributed by atoms with Gasteiger partial charge in [0.25, 0.3) is 0 Å². The molecule has 0 aromatic heterocycles. The molecule has 2 rings (SSSR count). The minimum Gasteiger partial charge on any atom is -0.392 e. The van der Waals surface area contributed by atoms with Gasteiger partial charge in [0.05, 0.1) is 6.10 Å². The van der Waals surface area contributed by atoms with Gasteiger partial charge in [0.1, 0.15) is 0 Å². The number of ketones is 1. The van der Waals surface area contributed by atoms with Crippen molar-refractivity contribution in [3.8, 4) is 0 Å². The summed E-state index contributed by atoms with van der Waals surface area (Å²) in [6, 6.07) is 0. The van der Waals surface area contributed by atoms with Crippen molar-refractivity contribution in [3.63, 3.8) is 0 Å². The van der Waals surface area contributed by atoms with E-state index in [4.69, 9.17) is 0 Å². The summed E-state index contributed by atoms with van der Waals surface area (Å²) in [6.07, 6.45) is 4.21. The first kappa shape index (κ1) is 8.95. The number of Topliss-reactive ketones (excluding diaryl/α,β-unsaturated/α-hetero) is 1. The third-order valence-electron chi connectivity index (χ3n) is 3.31. The van der Waals surface area contributed by atoms with E-state index in [-0.39, 0.29) is 23.2 Å². The van der Waals surface area contributed by atoms with Crippen LogP contribution in [0.5, 0.6) is 0 Å². The van der Waals surface area contributed by atoms with Crippen molar-refractivity contribution in [2.75, 3.05) is 0 Å². The number of hydrogen-bond donors (Lipinski definition) is 1. The van der Waals surface area contributed by atoms with E-state index >= 15 is 0 Å². The Hall–Kier alpha value is -0.630. The van der Waals surface area contributed by atoms with Crippen molar-refractivity contribution in [1.82, 2.24) is 0 Å². The average molecular weight is 180 g/mol. The molecule has 13 heavy (non-hydrogen) atoms. The van der Waals surface area contributed by atoms with Crippen LogP contribution in [-0.4, -0.2) is 17.0 Å². The highest BCUT2D eigenvalue weighted by molar-refractivity contribution is 5.97. The van der Waals surface area contributed by atoms with Crippen molar-refractivity contribution in [1.29, 1.82) is 0 Å². The maximum Gasteiger partial charge on any atom is 0.158 e. The molecule has 2 heteroatoms. The number of hydrogen-bond acceptors (Lipinski definition) is 2. The Morgan fingerprint density at radius 2 is 2.23 bits per heavy atom. The molecule has 0 bridgehead atoms. The summed E-state index contributed by atoms with van der Waals surface area (Å²) in [6.45, 7) is 3.99. The number of carbonyl (C=O) groups excluding carboxylic acids is 1. The van der Waals surface area contributed by atoms with Crippen molar-refractivity contribution >= 4 is 5.78 Å². The van der Waals surface area contributed by atoms with Crippen LogP contribution in [-0.2, 0) is 4.79 Å². The lowest BCUT2D eigenvalue weighted by molar-refractivity contribution is -0.117. The molecule has 0 aliphatic heterocycles. The number of aliphatic hydroxyl groups is 1. The van der Waals surface area contributed by atoms with Crippen LogP contribution in [0.25, 0.3) is 0 Å². The largest absolute Gasteiger partial charge is 0.392 e. The number of fused-ring (bicyclic) bond motifs is 1. The second-order valence-corrected chi connectivity index (χ2v) is 4.79. The molecule has 2 aliphatic carbocycles. The molecule has 0 saturated heterocycles. The smallest absolute Gasteiger partial charge is 0.158 e. The van der Waals surface area contributed by atoms with E-state index < -0.39 is 0 Å². The normalized spacial score (nSPS) is 37.2. The van der Waals surface area contributed by atoms with Gasteiger partial charge in [-0.1, -0.05) is 19.9 Å². The summed E-state index contributed by atoms with van der Waals surface area (Å²) in [5.41, 5.74) is 0.684. The molecule has 72 valence electrons. The minimum absolute atomic E-state index is 0.122. The quantitative estimate of drug-likeness (QED) is 0.616. The van der Waals surface area contributed by atoms with Crippen LogP contribution in [0.2, 0.25) is 0 Å². The van der Waals surface area contributed by atoms with E-state index in [0.717, 1.165) is 18.4 Å². The highest BCUT2D eigenvalue weighted by Crippen LogP contribution is 2.44. The van der Waals surface area contributed by atoms with Crippen LogP contribution in [0.4, 0.5) is 0 Å². The van der Waals surface area contributed by atoms with Crippen molar-refractivity contribution in [3.05, 3.63) is 11.6 Å². The van der Waals surface area contributed by atoms with Crippen LogP contribution < -0.4 is 0 Å². The molecular formula is C11H16O2. The second kappa shape index (κ2) is 2.68. The van der Waals surface area contributed by atoms with E-state index in [9.17, 15) is 9.90 Å². The third kappa shape index (κ3) is 1.24. The van der Waals surface area contributed by atoms with Crippen molar-refractivity contribution in [2.45, 2.75) is 39.2 Å². The lowest BCUT2D eigenvalue weighted by atomic mass is 9.80. The first-order chi connectivity index (χ1) is 6.02. The van der Waals surface area contributed by atoms with Crippen LogP contribution in [0.1, 0.15) is 33.1 Å². The van der Waals surface area contributed by atoms with Gasteiger partial charge in [-0.05, 0) is 18.4 Å². The van der Waals surface area contributed by atoms with E-state index in [1.54, 1.807) is 0 Å². The van der Waals surface area contributed by atoms with Gasteiger partial charge < -0.3 is 5.11 Å². The highest BCUT2D eigenvalue weighted by Gasteiger charge is 2.44. The van der Waals surface area contributed by atoms with E-state index in [1.165, 1.54) is 0 Å². The Bertz CT molecular complexity index is 276. The zero-order valence-corrected chi connectivity index (χ0v) is 8.21. The van der Waals surface area contributed by atoms with Crippen LogP contribution in [0.3, 0.4) is 0 Å². The molecule has 0 radical (unpaired) electrons. The van der Waals surface area contributed by atoms with Gasteiger partial charge in [-0.3, -0.25) is 4.79 Å². The van der Waals surface area contributed by atoms with Crippen LogP contribution >= 0.6 is 0 Å². The molecule has 0 aromatic rings. The second-order valence-electron chi connectivity index (χ2n) is 4.79. The maximum atomic E-state index is 11.5. The Balaban J connectivity index is 2.35. The summed E-state index contributed by atoms with van der Waals surface area (Å²) in [7, 11) is 0. The average Bonchev–Trinajstić information content (AvgIpc) is 2.28. The molecule has 0 amide bonds. The number of carbonyl (C=O) groups is 1. The van der Waals surface area contributed by atoms with Crippen molar-refractivity contribution in [2.24, 2.45) is 11.3 Å². The predicted molar refractivity (Wildman–Crippen MR) is 50.2 cm³/mol. The van der Waals surface area contributed by atoms with Gasteiger partial charge in [0, 0.05) is 17.8 Å². The van der Waals surface area contributed by atoms with Crippen LogP contribution in [0, 0.1) is 11.3 Å². The molecule has 2 aliphatic rings. The molecule has 1 N–H and O–H groups in total. The van der Waals surface area contributed by atoms with Gasteiger partial charge in [0.2, 0.25) is 0 Å². The number of rotatable bonds is 0. The Morgan fingerprint density at radius 3 is 2.85 bits per heavy atom. The zero-order chi connectivity index (χ0) is 9.64. The Kier molecular flexibility index (Phi) is 1.84. The zero-order valence-electron chi connectivity index (χ0n) is 8.21. The van der Waals surface area contributed by atoms with Gasteiger partial charge in [-0.2, -0.15) is 0 Å². The monoisotopic (exact) mass is 180 g/mol. The molecule has 2 unspecified atom stereocenters. The summed E-state index contributed by atoms with van der Waals surface area (Å²) >= 11 is 0.